The van der Waals surface area contributed by atoms with Crippen LogP contribution in [0.4, 0.5) is 4.39 Å². The Morgan fingerprint density at radius 1 is 1.26 bits per heavy atom. The van der Waals surface area contributed by atoms with Crippen molar-refractivity contribution in [1.82, 2.24) is 15.1 Å². The molecule has 8 heteroatoms. The molecule has 1 fully saturated rings. The van der Waals surface area contributed by atoms with Crippen LogP contribution in [0.3, 0.4) is 0 Å². The Kier molecular flexibility index (Phi) is 5.94. The first-order valence-electron chi connectivity index (χ1n) is 9.70. The molecule has 0 saturated heterocycles. The third-order valence-electron chi connectivity index (χ3n) is 4.94. The van der Waals surface area contributed by atoms with Crippen LogP contribution < -0.4 is 5.32 Å². The Balaban J connectivity index is 1.69. The van der Waals surface area contributed by atoms with Crippen molar-refractivity contribution < 1.29 is 19.4 Å². The molecule has 1 amide bonds. The second-order valence-electron chi connectivity index (χ2n) is 7.21. The zero-order valence-electron chi connectivity index (χ0n) is 16.3. The molecule has 0 bridgehead atoms. The number of phenols is 1. The average Bonchev–Trinajstić information content (AvgIpc) is 3.52. The highest BCUT2D eigenvalue weighted by atomic mass is 35.5. The molecule has 6 nitrogen and oxygen atoms in total. The molecule has 4 rings (SSSR count). The maximum absolute atomic E-state index is 13.9. The number of benzene rings is 2. The second kappa shape index (κ2) is 8.80. The lowest BCUT2D eigenvalue weighted by Gasteiger charge is -2.20. The van der Waals surface area contributed by atoms with E-state index in [9.17, 15) is 14.3 Å². The first kappa shape index (κ1) is 20.9. The van der Waals surface area contributed by atoms with Crippen LogP contribution >= 0.6 is 11.6 Å². The van der Waals surface area contributed by atoms with Crippen molar-refractivity contribution >= 4 is 17.5 Å². The monoisotopic (exact) mass is 439 g/mol. The molecule has 1 aliphatic rings. The Morgan fingerprint density at radius 3 is 2.68 bits per heavy atom. The molecular weight excluding hydrogens is 421 g/mol. The lowest BCUT2D eigenvalue weighted by Crippen LogP contribution is -2.30. The van der Waals surface area contributed by atoms with Crippen molar-refractivity contribution in [3.63, 3.8) is 0 Å². The number of hydrogen-bond acceptors (Lipinski definition) is 4. The number of carbonyl (C=O) groups excluding carboxylic acids is 1. The number of carbonyl (C=O) groups is 1. The first-order chi connectivity index (χ1) is 15.0. The molecular formula is C23H19ClFN3O3. The molecule has 3 N–H and O–H groups in total. The first-order valence-corrected chi connectivity index (χ1v) is 10.1. The number of phenolic OH excluding ortho intramolecular Hbond substituents is 1. The topological polar surface area (TPSA) is 87.4 Å². The normalized spacial score (nSPS) is 13.9. The molecule has 1 saturated carbocycles. The molecule has 0 radical (unpaired) electrons. The van der Waals surface area contributed by atoms with Crippen LogP contribution in [0.15, 0.2) is 48.5 Å². The predicted molar refractivity (Wildman–Crippen MR) is 113 cm³/mol. The molecule has 1 heterocycles. The number of hydrogen-bond donors (Lipinski definition) is 3. The zero-order chi connectivity index (χ0) is 22.0. The second-order valence-corrected chi connectivity index (χ2v) is 7.65. The van der Waals surface area contributed by atoms with Gasteiger partial charge in [0.25, 0.3) is 5.91 Å². The maximum Gasteiger partial charge on any atom is 0.272 e. The van der Waals surface area contributed by atoms with Crippen LogP contribution in [-0.2, 0) is 0 Å². The van der Waals surface area contributed by atoms with E-state index < -0.39 is 17.8 Å². The standard InChI is InChI=1S/C23H19ClFN3O3/c24-15-5-3-14(4-6-15)22(19-12-16(25)7-10-21(19)30)26-23(31)20-13-18(2-1-11-29)28(27-20)17-8-9-17/h3-7,10,12-13,17,22,29-30H,8-9,11H2,(H,26,31). The maximum atomic E-state index is 13.9. The van der Waals surface area contributed by atoms with Crippen LogP contribution in [0.1, 0.15) is 52.2 Å². The molecule has 158 valence electrons. The number of aliphatic hydroxyl groups excluding tert-OH is 1. The summed E-state index contributed by atoms with van der Waals surface area (Å²) >= 11 is 5.98. The minimum atomic E-state index is -0.835. The number of nitrogens with one attached hydrogen (secondary N) is 1. The summed E-state index contributed by atoms with van der Waals surface area (Å²) in [4.78, 5) is 13.1. The fraction of sp³-hybridized carbons (Fsp3) is 0.217. The lowest BCUT2D eigenvalue weighted by molar-refractivity contribution is 0.0936. The van der Waals surface area contributed by atoms with Crippen LogP contribution in [0.5, 0.6) is 5.75 Å². The molecule has 3 aromatic rings. The molecule has 0 aliphatic heterocycles. The summed E-state index contributed by atoms with van der Waals surface area (Å²) < 4.78 is 15.6. The van der Waals surface area contributed by atoms with Crippen molar-refractivity contribution in [2.24, 2.45) is 0 Å². The van der Waals surface area contributed by atoms with E-state index in [2.05, 4.69) is 22.3 Å². The van der Waals surface area contributed by atoms with Crippen molar-refractivity contribution in [3.8, 4) is 17.6 Å². The number of rotatable bonds is 5. The summed E-state index contributed by atoms with van der Waals surface area (Å²) in [6, 6.07) is 11.1. The Morgan fingerprint density at radius 2 is 2.00 bits per heavy atom. The van der Waals surface area contributed by atoms with E-state index in [-0.39, 0.29) is 29.7 Å². The number of halogens is 2. The highest BCUT2D eigenvalue weighted by Crippen LogP contribution is 2.35. The molecule has 31 heavy (non-hydrogen) atoms. The molecule has 1 unspecified atom stereocenters. The highest BCUT2D eigenvalue weighted by Gasteiger charge is 2.29. The minimum Gasteiger partial charge on any atom is -0.508 e. The van der Waals surface area contributed by atoms with Crippen LogP contribution in [0.25, 0.3) is 0 Å². The summed E-state index contributed by atoms with van der Waals surface area (Å²) in [5, 5.41) is 27.0. The van der Waals surface area contributed by atoms with Crippen LogP contribution in [-0.4, -0.2) is 32.5 Å². The van der Waals surface area contributed by atoms with Gasteiger partial charge in [-0.1, -0.05) is 29.7 Å². The molecule has 1 atom stereocenters. The largest absolute Gasteiger partial charge is 0.508 e. The number of aromatic hydroxyl groups is 1. The number of amides is 1. The van der Waals surface area contributed by atoms with Gasteiger partial charge in [0.05, 0.1) is 12.1 Å². The third-order valence-corrected chi connectivity index (χ3v) is 5.19. The van der Waals surface area contributed by atoms with E-state index in [1.807, 2.05) is 0 Å². The fourth-order valence-corrected chi connectivity index (χ4v) is 3.41. The van der Waals surface area contributed by atoms with Gasteiger partial charge >= 0.3 is 0 Å². The van der Waals surface area contributed by atoms with Crippen molar-refractivity contribution in [2.75, 3.05) is 6.61 Å². The van der Waals surface area contributed by atoms with E-state index >= 15 is 0 Å². The summed E-state index contributed by atoms with van der Waals surface area (Å²) in [5.41, 5.74) is 1.50. The van der Waals surface area contributed by atoms with Crippen molar-refractivity contribution in [2.45, 2.75) is 24.9 Å². The van der Waals surface area contributed by atoms with Crippen LogP contribution in [0, 0.1) is 17.7 Å². The number of aromatic nitrogens is 2. The molecule has 1 aliphatic carbocycles. The van der Waals surface area contributed by atoms with Gasteiger partial charge < -0.3 is 15.5 Å². The van der Waals surface area contributed by atoms with E-state index in [1.165, 1.54) is 12.1 Å². The van der Waals surface area contributed by atoms with E-state index in [0.29, 0.717) is 16.3 Å². The molecule has 0 spiro atoms. The third kappa shape index (κ3) is 4.71. The van der Waals surface area contributed by atoms with Crippen molar-refractivity contribution in [3.05, 3.63) is 81.9 Å². The van der Waals surface area contributed by atoms with E-state index in [1.54, 1.807) is 35.0 Å². The number of nitrogens with zero attached hydrogens (tertiary/aromatic N) is 2. The van der Waals surface area contributed by atoms with E-state index in [0.717, 1.165) is 18.9 Å². The molecule has 2 aromatic carbocycles. The van der Waals surface area contributed by atoms with Gasteiger partial charge in [-0.2, -0.15) is 5.10 Å². The van der Waals surface area contributed by atoms with Crippen LogP contribution in [0.2, 0.25) is 5.02 Å². The fourth-order valence-electron chi connectivity index (χ4n) is 3.28. The summed E-state index contributed by atoms with van der Waals surface area (Å²) in [5.74, 6) is 4.19. The summed E-state index contributed by atoms with van der Waals surface area (Å²) in [6.07, 6.45) is 1.89. The van der Waals surface area contributed by atoms with Gasteiger partial charge in [-0.25, -0.2) is 4.39 Å². The smallest absolute Gasteiger partial charge is 0.272 e. The van der Waals surface area contributed by atoms with Gasteiger partial charge in [0.1, 0.15) is 23.9 Å². The van der Waals surface area contributed by atoms with E-state index in [4.69, 9.17) is 16.7 Å². The quantitative estimate of drug-likeness (QED) is 0.530. The minimum absolute atomic E-state index is 0.143. The van der Waals surface area contributed by atoms with Gasteiger partial charge in [-0.3, -0.25) is 9.48 Å². The average molecular weight is 440 g/mol. The molecule has 1 aromatic heterocycles. The van der Waals surface area contributed by atoms with Gasteiger partial charge in [0, 0.05) is 16.7 Å². The Labute approximate surface area is 183 Å². The lowest BCUT2D eigenvalue weighted by atomic mass is 9.97. The number of aliphatic hydroxyl groups is 1. The zero-order valence-corrected chi connectivity index (χ0v) is 17.1. The Hall–Kier alpha value is -3.34. The highest BCUT2D eigenvalue weighted by molar-refractivity contribution is 6.30. The SMILES string of the molecule is O=C(NC(c1ccc(Cl)cc1)c1cc(F)ccc1O)c1cc(C#CCO)n(C2CC2)n1. The van der Waals surface area contributed by atoms with Gasteiger partial charge in [0.15, 0.2) is 5.69 Å². The summed E-state index contributed by atoms with van der Waals surface area (Å²) in [7, 11) is 0. The predicted octanol–water partition coefficient (Wildman–Crippen LogP) is 3.58. The van der Waals surface area contributed by atoms with Gasteiger partial charge in [-0.05, 0) is 54.7 Å². The summed E-state index contributed by atoms with van der Waals surface area (Å²) in [6.45, 7) is -0.297. The van der Waals surface area contributed by atoms with Gasteiger partial charge in [-0.15, -0.1) is 0 Å². The van der Waals surface area contributed by atoms with Gasteiger partial charge in [0.2, 0.25) is 0 Å². The van der Waals surface area contributed by atoms with Crippen molar-refractivity contribution in [1.29, 1.82) is 0 Å². The Bertz CT molecular complexity index is 1180.